The molecular weight excluding hydrogens is 307 g/mol. The summed E-state index contributed by atoms with van der Waals surface area (Å²) in [4.78, 5) is 11.1. The number of benzene rings is 1. The van der Waals surface area contributed by atoms with Gasteiger partial charge in [0.2, 0.25) is 0 Å². The summed E-state index contributed by atoms with van der Waals surface area (Å²) in [5.74, 6) is -0.858. The summed E-state index contributed by atoms with van der Waals surface area (Å²) in [6, 6.07) is 2.75. The molecule has 118 valence electrons. The van der Waals surface area contributed by atoms with E-state index < -0.39 is 23.8 Å². The summed E-state index contributed by atoms with van der Waals surface area (Å²) in [5, 5.41) is 11.4. The Balaban J connectivity index is 2.81. The van der Waals surface area contributed by atoms with E-state index in [0.717, 1.165) is 6.07 Å². The molecule has 3 nitrogen and oxygen atoms in total. The molecule has 0 aliphatic rings. The van der Waals surface area contributed by atoms with Crippen molar-refractivity contribution in [3.8, 4) is 0 Å². The zero-order valence-corrected chi connectivity index (χ0v) is 12.4. The Morgan fingerprint density at radius 2 is 2.00 bits per heavy atom. The maximum absolute atomic E-state index is 12.7. The fraction of sp³-hybridized carbons (Fsp3) is 0.500. The number of nitrogens with one attached hydrogen (secondary N) is 1. The lowest BCUT2D eigenvalue weighted by molar-refractivity contribution is -0.140. The number of hydrogen-bond acceptors (Lipinski definition) is 2. The summed E-state index contributed by atoms with van der Waals surface area (Å²) in [6.45, 7) is 3.78. The largest absolute Gasteiger partial charge is 0.480 e. The van der Waals surface area contributed by atoms with E-state index >= 15 is 0 Å². The minimum Gasteiger partial charge on any atom is -0.480 e. The predicted octanol–water partition coefficient (Wildman–Crippen LogP) is 3.95. The van der Waals surface area contributed by atoms with Gasteiger partial charge in [0.25, 0.3) is 0 Å². The van der Waals surface area contributed by atoms with E-state index in [1.807, 2.05) is 13.8 Å². The van der Waals surface area contributed by atoms with Crippen LogP contribution in [0, 0.1) is 5.92 Å². The highest BCUT2D eigenvalue weighted by molar-refractivity contribution is 6.31. The highest BCUT2D eigenvalue weighted by Crippen LogP contribution is 2.35. The Morgan fingerprint density at radius 1 is 1.38 bits per heavy atom. The molecule has 1 unspecified atom stereocenters. The van der Waals surface area contributed by atoms with Crippen molar-refractivity contribution in [3.05, 3.63) is 34.3 Å². The van der Waals surface area contributed by atoms with Gasteiger partial charge in [0.05, 0.1) is 10.6 Å². The second kappa shape index (κ2) is 7.13. The smallest absolute Gasteiger partial charge is 0.417 e. The van der Waals surface area contributed by atoms with Crippen molar-refractivity contribution in [2.24, 2.45) is 5.92 Å². The molecule has 2 N–H and O–H groups in total. The quantitative estimate of drug-likeness (QED) is 0.833. The van der Waals surface area contributed by atoms with Crippen molar-refractivity contribution in [3.63, 3.8) is 0 Å². The summed E-state index contributed by atoms with van der Waals surface area (Å²) < 4.78 is 38.2. The van der Waals surface area contributed by atoms with Crippen molar-refractivity contribution < 1.29 is 23.1 Å². The fourth-order valence-corrected chi connectivity index (χ4v) is 2.11. The van der Waals surface area contributed by atoms with Crippen LogP contribution >= 0.6 is 11.6 Å². The molecule has 7 heteroatoms. The third-order valence-corrected chi connectivity index (χ3v) is 3.22. The number of rotatable bonds is 6. The number of alkyl halides is 3. The van der Waals surface area contributed by atoms with Crippen LogP contribution in [0.1, 0.15) is 31.4 Å². The summed E-state index contributed by atoms with van der Waals surface area (Å²) in [6.07, 6.45) is -4.13. The minimum absolute atomic E-state index is 0.0317. The average Bonchev–Trinajstić information content (AvgIpc) is 2.33. The molecule has 1 aromatic rings. The van der Waals surface area contributed by atoms with Crippen molar-refractivity contribution >= 4 is 17.6 Å². The number of halogens is 4. The van der Waals surface area contributed by atoms with Gasteiger partial charge in [0.1, 0.15) is 6.04 Å². The Labute approximate surface area is 126 Å². The number of aliphatic carboxylic acids is 1. The van der Waals surface area contributed by atoms with E-state index in [2.05, 4.69) is 5.32 Å². The van der Waals surface area contributed by atoms with Crippen LogP contribution in [0.25, 0.3) is 0 Å². The molecule has 0 fully saturated rings. The highest BCUT2D eigenvalue weighted by Gasteiger charge is 2.33. The van der Waals surface area contributed by atoms with Crippen LogP contribution in [0.4, 0.5) is 13.2 Å². The van der Waals surface area contributed by atoms with E-state index in [4.69, 9.17) is 16.7 Å². The van der Waals surface area contributed by atoms with Gasteiger partial charge in [-0.2, -0.15) is 13.2 Å². The fourth-order valence-electron chi connectivity index (χ4n) is 1.88. The molecule has 0 radical (unpaired) electrons. The molecular formula is C14H17ClF3NO2. The maximum Gasteiger partial charge on any atom is 0.417 e. The van der Waals surface area contributed by atoms with Crippen LogP contribution in [0.5, 0.6) is 0 Å². The minimum atomic E-state index is -4.53. The molecule has 0 heterocycles. The number of carbonyl (C=O) groups is 1. The van der Waals surface area contributed by atoms with Crippen molar-refractivity contribution in [2.45, 2.75) is 39.0 Å². The molecule has 0 saturated carbocycles. The van der Waals surface area contributed by atoms with Gasteiger partial charge in [0, 0.05) is 6.54 Å². The van der Waals surface area contributed by atoms with E-state index in [1.54, 1.807) is 0 Å². The second-order valence-electron chi connectivity index (χ2n) is 5.21. The first-order valence-corrected chi connectivity index (χ1v) is 6.81. The molecule has 1 rings (SSSR count). The van der Waals surface area contributed by atoms with Gasteiger partial charge in [-0.05, 0) is 30.0 Å². The maximum atomic E-state index is 12.7. The first-order valence-electron chi connectivity index (χ1n) is 6.43. The lowest BCUT2D eigenvalue weighted by Crippen LogP contribution is -2.37. The summed E-state index contributed by atoms with van der Waals surface area (Å²) >= 11 is 5.53. The van der Waals surface area contributed by atoms with Crippen molar-refractivity contribution in [2.75, 3.05) is 0 Å². The van der Waals surface area contributed by atoms with E-state index in [9.17, 15) is 18.0 Å². The monoisotopic (exact) mass is 323 g/mol. The second-order valence-corrected chi connectivity index (χ2v) is 5.62. The molecule has 0 spiro atoms. The zero-order chi connectivity index (χ0) is 16.2. The van der Waals surface area contributed by atoms with E-state index in [0.29, 0.717) is 12.0 Å². The molecule has 1 atom stereocenters. The average molecular weight is 324 g/mol. The molecule has 0 aliphatic carbocycles. The van der Waals surface area contributed by atoms with Gasteiger partial charge in [0.15, 0.2) is 0 Å². The van der Waals surface area contributed by atoms with Crippen LogP contribution in [0.15, 0.2) is 18.2 Å². The zero-order valence-electron chi connectivity index (χ0n) is 11.7. The number of hydrogen-bond donors (Lipinski definition) is 2. The lowest BCUT2D eigenvalue weighted by atomic mass is 10.0. The third kappa shape index (κ3) is 5.55. The number of carboxylic acids is 1. The Bertz CT molecular complexity index is 503. The van der Waals surface area contributed by atoms with Gasteiger partial charge in [-0.1, -0.05) is 31.5 Å². The SMILES string of the molecule is CC(C)CC(NCc1ccc(Cl)c(C(F)(F)F)c1)C(=O)O. The normalized spacial score (nSPS) is 13.5. The standard InChI is InChI=1S/C14H17ClF3NO2/c1-8(2)5-12(13(20)21)19-7-9-3-4-11(15)10(6-9)14(16,17)18/h3-4,6,8,12,19H,5,7H2,1-2H3,(H,20,21). The van der Waals surface area contributed by atoms with Crippen LogP contribution in [0.2, 0.25) is 5.02 Å². The van der Waals surface area contributed by atoms with E-state index in [-0.39, 0.29) is 17.5 Å². The van der Waals surface area contributed by atoms with Gasteiger partial charge >= 0.3 is 12.1 Å². The first kappa shape index (κ1) is 17.8. The van der Waals surface area contributed by atoms with Gasteiger partial charge < -0.3 is 10.4 Å². The molecule has 0 aromatic heterocycles. The topological polar surface area (TPSA) is 49.3 Å². The first-order chi connectivity index (χ1) is 9.61. The Hall–Kier alpha value is -1.27. The predicted molar refractivity (Wildman–Crippen MR) is 74.2 cm³/mol. The summed E-state index contributed by atoms with van der Waals surface area (Å²) in [5.41, 5.74) is -0.582. The van der Waals surface area contributed by atoms with Gasteiger partial charge in [-0.3, -0.25) is 4.79 Å². The molecule has 0 saturated heterocycles. The van der Waals surface area contributed by atoms with Crippen molar-refractivity contribution in [1.29, 1.82) is 0 Å². The highest BCUT2D eigenvalue weighted by atomic mass is 35.5. The number of carboxylic acid groups (broad SMARTS) is 1. The summed E-state index contributed by atoms with van der Waals surface area (Å²) in [7, 11) is 0. The Kier molecular flexibility index (Phi) is 6.04. The lowest BCUT2D eigenvalue weighted by Gasteiger charge is -2.17. The molecule has 0 bridgehead atoms. The van der Waals surface area contributed by atoms with Gasteiger partial charge in [-0.25, -0.2) is 0 Å². The molecule has 21 heavy (non-hydrogen) atoms. The van der Waals surface area contributed by atoms with Crippen LogP contribution in [-0.4, -0.2) is 17.1 Å². The van der Waals surface area contributed by atoms with Crippen LogP contribution < -0.4 is 5.32 Å². The Morgan fingerprint density at radius 3 is 2.48 bits per heavy atom. The van der Waals surface area contributed by atoms with Crippen LogP contribution in [0.3, 0.4) is 0 Å². The molecule has 1 aromatic carbocycles. The van der Waals surface area contributed by atoms with Crippen molar-refractivity contribution in [1.82, 2.24) is 5.32 Å². The molecule has 0 aliphatic heterocycles. The third-order valence-electron chi connectivity index (χ3n) is 2.89. The van der Waals surface area contributed by atoms with E-state index in [1.165, 1.54) is 12.1 Å². The van der Waals surface area contributed by atoms with Gasteiger partial charge in [-0.15, -0.1) is 0 Å². The molecule has 0 amide bonds. The van der Waals surface area contributed by atoms with Crippen LogP contribution in [-0.2, 0) is 17.5 Å².